The average Bonchev–Trinajstić information content (AvgIpc) is 2.82. The summed E-state index contributed by atoms with van der Waals surface area (Å²) in [7, 11) is 0. The molecule has 2 aliphatic rings. The Bertz CT molecular complexity index is 215. The number of aliphatic hydroxyl groups is 1. The Hall–Kier alpha value is -0.0800. The van der Waals surface area contributed by atoms with Crippen LogP contribution in [0.3, 0.4) is 0 Å². The van der Waals surface area contributed by atoms with E-state index in [-0.39, 0.29) is 5.54 Å². The fraction of sp³-hybridized carbons (Fsp3) is 1.00. The molecule has 0 amide bonds. The molecule has 2 rings (SSSR count). The van der Waals surface area contributed by atoms with Crippen molar-refractivity contribution in [2.24, 2.45) is 5.41 Å². The van der Waals surface area contributed by atoms with Gasteiger partial charge in [-0.2, -0.15) is 0 Å². The molecule has 0 aromatic heterocycles. The van der Waals surface area contributed by atoms with Crippen LogP contribution in [0, 0.1) is 5.41 Å². The molecule has 1 N–H and O–H groups in total. The van der Waals surface area contributed by atoms with Crippen LogP contribution in [0.5, 0.6) is 0 Å². The van der Waals surface area contributed by atoms with Crippen molar-refractivity contribution < 1.29 is 5.11 Å². The molecular weight excluding hydrogens is 174 g/mol. The first-order chi connectivity index (χ1) is 6.47. The highest BCUT2D eigenvalue weighted by Crippen LogP contribution is 2.55. The molecule has 1 spiro atoms. The van der Waals surface area contributed by atoms with Crippen molar-refractivity contribution in [3.8, 4) is 0 Å². The van der Waals surface area contributed by atoms with Gasteiger partial charge in [0.2, 0.25) is 0 Å². The summed E-state index contributed by atoms with van der Waals surface area (Å²) in [5, 5.41) is 9.44. The first-order valence-corrected chi connectivity index (χ1v) is 5.84. The van der Waals surface area contributed by atoms with E-state index in [9.17, 15) is 5.11 Å². The summed E-state index contributed by atoms with van der Waals surface area (Å²) in [5.74, 6) is 0. The lowest BCUT2D eigenvalue weighted by Gasteiger charge is -2.46. The van der Waals surface area contributed by atoms with Crippen molar-refractivity contribution in [1.82, 2.24) is 4.90 Å². The molecule has 2 heteroatoms. The van der Waals surface area contributed by atoms with Crippen LogP contribution in [0.2, 0.25) is 0 Å². The van der Waals surface area contributed by atoms with Gasteiger partial charge in [-0.15, -0.1) is 0 Å². The number of piperidine rings is 1. The van der Waals surface area contributed by atoms with Gasteiger partial charge in [-0.1, -0.05) is 0 Å². The maximum atomic E-state index is 9.44. The van der Waals surface area contributed by atoms with Crippen LogP contribution in [-0.2, 0) is 0 Å². The molecule has 1 aliphatic carbocycles. The van der Waals surface area contributed by atoms with Gasteiger partial charge in [-0.05, 0) is 58.4 Å². The van der Waals surface area contributed by atoms with E-state index in [1.807, 2.05) is 0 Å². The molecule has 0 aromatic rings. The van der Waals surface area contributed by atoms with Crippen molar-refractivity contribution in [3.63, 3.8) is 0 Å². The monoisotopic (exact) mass is 197 g/mol. The van der Waals surface area contributed by atoms with E-state index >= 15 is 0 Å². The van der Waals surface area contributed by atoms with Gasteiger partial charge in [0, 0.05) is 11.6 Å². The standard InChI is InChI=1S/C12H23NO/c1-11(2,3)13-7-6-12(4-5-12)8-10(13)9-14/h10,14H,4-9H2,1-3H3. The Balaban J connectivity index is 2.05. The van der Waals surface area contributed by atoms with Gasteiger partial charge in [0.25, 0.3) is 0 Å². The maximum absolute atomic E-state index is 9.44. The zero-order valence-electron chi connectivity index (χ0n) is 9.71. The molecule has 1 saturated heterocycles. The molecule has 2 nitrogen and oxygen atoms in total. The molecule has 1 atom stereocenters. The predicted molar refractivity (Wildman–Crippen MR) is 58.2 cm³/mol. The Kier molecular flexibility index (Phi) is 2.39. The number of rotatable bonds is 1. The Morgan fingerprint density at radius 1 is 1.29 bits per heavy atom. The van der Waals surface area contributed by atoms with Gasteiger partial charge in [0.05, 0.1) is 6.61 Å². The lowest BCUT2D eigenvalue weighted by molar-refractivity contribution is -0.00370. The minimum atomic E-state index is 0.212. The second-order valence-electron chi connectivity index (χ2n) is 6.15. The number of hydrogen-bond donors (Lipinski definition) is 1. The van der Waals surface area contributed by atoms with Crippen LogP contribution in [0.15, 0.2) is 0 Å². The topological polar surface area (TPSA) is 23.5 Å². The molecule has 2 fully saturated rings. The third kappa shape index (κ3) is 1.82. The van der Waals surface area contributed by atoms with Crippen molar-refractivity contribution >= 4 is 0 Å². The van der Waals surface area contributed by atoms with Crippen LogP contribution < -0.4 is 0 Å². The highest BCUT2D eigenvalue weighted by molar-refractivity contribution is 5.02. The molecule has 0 aromatic carbocycles. The normalized spacial score (nSPS) is 32.1. The second-order valence-corrected chi connectivity index (χ2v) is 6.15. The summed E-state index contributed by atoms with van der Waals surface area (Å²) in [6, 6.07) is 0.409. The quantitative estimate of drug-likeness (QED) is 0.695. The Morgan fingerprint density at radius 2 is 1.93 bits per heavy atom. The summed E-state index contributed by atoms with van der Waals surface area (Å²) in [6.45, 7) is 8.26. The van der Waals surface area contributed by atoms with E-state index < -0.39 is 0 Å². The summed E-state index contributed by atoms with van der Waals surface area (Å²) in [6.07, 6.45) is 5.38. The third-order valence-electron chi connectivity index (χ3n) is 4.02. The van der Waals surface area contributed by atoms with E-state index in [1.54, 1.807) is 0 Å². The molecule has 0 bridgehead atoms. The summed E-state index contributed by atoms with van der Waals surface area (Å²) < 4.78 is 0. The zero-order valence-corrected chi connectivity index (χ0v) is 9.71. The lowest BCUT2D eigenvalue weighted by atomic mass is 9.85. The van der Waals surface area contributed by atoms with E-state index in [1.165, 1.54) is 32.2 Å². The molecule has 1 unspecified atom stereocenters. The molecular formula is C12H23NO. The molecule has 0 radical (unpaired) electrons. The van der Waals surface area contributed by atoms with E-state index in [4.69, 9.17) is 0 Å². The minimum Gasteiger partial charge on any atom is -0.395 e. The fourth-order valence-corrected chi connectivity index (χ4v) is 2.93. The Labute approximate surface area is 87.3 Å². The van der Waals surface area contributed by atoms with E-state index in [0.717, 1.165) is 0 Å². The Morgan fingerprint density at radius 3 is 2.36 bits per heavy atom. The summed E-state index contributed by atoms with van der Waals surface area (Å²) >= 11 is 0. The summed E-state index contributed by atoms with van der Waals surface area (Å²) in [4.78, 5) is 2.48. The van der Waals surface area contributed by atoms with E-state index in [0.29, 0.717) is 18.1 Å². The third-order valence-corrected chi connectivity index (χ3v) is 4.02. The molecule has 82 valence electrons. The van der Waals surface area contributed by atoms with Crippen LogP contribution >= 0.6 is 0 Å². The number of likely N-dealkylation sites (tertiary alicyclic amines) is 1. The average molecular weight is 197 g/mol. The first-order valence-electron chi connectivity index (χ1n) is 5.84. The van der Waals surface area contributed by atoms with Crippen LogP contribution in [-0.4, -0.2) is 34.7 Å². The van der Waals surface area contributed by atoms with Crippen molar-refractivity contribution in [3.05, 3.63) is 0 Å². The van der Waals surface area contributed by atoms with Crippen LogP contribution in [0.4, 0.5) is 0 Å². The smallest absolute Gasteiger partial charge is 0.0587 e. The van der Waals surface area contributed by atoms with Crippen molar-refractivity contribution in [2.75, 3.05) is 13.2 Å². The fourth-order valence-electron chi connectivity index (χ4n) is 2.93. The van der Waals surface area contributed by atoms with Gasteiger partial charge in [-0.3, -0.25) is 4.90 Å². The first kappa shape index (κ1) is 10.4. The van der Waals surface area contributed by atoms with Crippen LogP contribution in [0.25, 0.3) is 0 Å². The number of aliphatic hydroxyl groups excluding tert-OH is 1. The van der Waals surface area contributed by atoms with Gasteiger partial charge in [0.15, 0.2) is 0 Å². The van der Waals surface area contributed by atoms with Gasteiger partial charge in [-0.25, -0.2) is 0 Å². The second kappa shape index (κ2) is 3.21. The zero-order chi connectivity index (χ0) is 10.4. The predicted octanol–water partition coefficient (Wildman–Crippen LogP) is 2.02. The molecule has 1 aliphatic heterocycles. The minimum absolute atomic E-state index is 0.212. The van der Waals surface area contributed by atoms with Gasteiger partial charge >= 0.3 is 0 Å². The largest absolute Gasteiger partial charge is 0.395 e. The molecule has 14 heavy (non-hydrogen) atoms. The van der Waals surface area contributed by atoms with Crippen molar-refractivity contribution in [1.29, 1.82) is 0 Å². The van der Waals surface area contributed by atoms with Crippen molar-refractivity contribution in [2.45, 2.75) is 58.0 Å². The number of hydrogen-bond acceptors (Lipinski definition) is 2. The summed E-state index contributed by atoms with van der Waals surface area (Å²) in [5.41, 5.74) is 0.860. The molecule has 1 saturated carbocycles. The highest BCUT2D eigenvalue weighted by Gasteiger charge is 2.49. The van der Waals surface area contributed by atoms with Crippen LogP contribution in [0.1, 0.15) is 46.5 Å². The highest BCUT2D eigenvalue weighted by atomic mass is 16.3. The lowest BCUT2D eigenvalue weighted by Crippen LogP contribution is -2.54. The maximum Gasteiger partial charge on any atom is 0.0587 e. The SMILES string of the molecule is CC(C)(C)N1CCC2(CC2)CC1CO. The van der Waals surface area contributed by atoms with Gasteiger partial charge < -0.3 is 5.11 Å². The number of nitrogens with zero attached hydrogens (tertiary/aromatic N) is 1. The molecule has 1 heterocycles. The van der Waals surface area contributed by atoms with E-state index in [2.05, 4.69) is 25.7 Å². The van der Waals surface area contributed by atoms with Gasteiger partial charge in [0.1, 0.15) is 0 Å².